The summed E-state index contributed by atoms with van der Waals surface area (Å²) in [7, 11) is -1.66. The maximum absolute atomic E-state index is 13.1. The lowest BCUT2D eigenvalue weighted by atomic mass is 9.87. The number of rotatable bonds is 4. The highest BCUT2D eigenvalue weighted by Crippen LogP contribution is 2.32. The van der Waals surface area contributed by atoms with E-state index in [1.807, 2.05) is 14.0 Å². The number of anilines is 1. The zero-order valence-corrected chi connectivity index (χ0v) is 17.4. The zero-order chi connectivity index (χ0) is 19.9. The molecule has 0 aliphatic heterocycles. The molecule has 0 bridgehead atoms. The Morgan fingerprint density at radius 3 is 2.39 bits per heavy atom. The maximum Gasteiger partial charge on any atom is 0.269 e. The Bertz CT molecular complexity index is 1080. The molecule has 148 valence electrons. The molecule has 1 saturated carbocycles. The first kappa shape index (κ1) is 18.9. The summed E-state index contributed by atoms with van der Waals surface area (Å²) >= 11 is 0. The van der Waals surface area contributed by atoms with Crippen molar-refractivity contribution in [3.8, 4) is 0 Å². The van der Waals surface area contributed by atoms with Crippen molar-refractivity contribution in [2.75, 3.05) is 11.9 Å². The van der Waals surface area contributed by atoms with Crippen molar-refractivity contribution < 1.29 is 8.42 Å². The standard InChI is InChI=1S/C21H26N4O2S/c1-15-4-8-17(9-5-15)24(3)20-19-12-13-25(21(19)23-14-22-20)28(26,27)18-10-6-16(2)7-11-18/h6-7,10-15,17H,4-5,8-9H2,1-3H3. The average Bonchev–Trinajstić information content (AvgIpc) is 3.13. The molecule has 0 unspecified atom stereocenters. The Labute approximate surface area is 166 Å². The van der Waals surface area contributed by atoms with Crippen molar-refractivity contribution in [1.29, 1.82) is 0 Å². The second kappa shape index (κ2) is 7.20. The van der Waals surface area contributed by atoms with Gasteiger partial charge >= 0.3 is 0 Å². The van der Waals surface area contributed by atoms with Crippen molar-refractivity contribution in [3.05, 3.63) is 48.4 Å². The molecule has 2 aromatic heterocycles. The van der Waals surface area contributed by atoms with Gasteiger partial charge in [-0.2, -0.15) is 0 Å². The van der Waals surface area contributed by atoms with E-state index in [-0.39, 0.29) is 4.90 Å². The van der Waals surface area contributed by atoms with Gasteiger partial charge in [0.2, 0.25) is 0 Å². The molecule has 1 fully saturated rings. The Morgan fingerprint density at radius 2 is 1.71 bits per heavy atom. The number of fused-ring (bicyclic) bond motifs is 1. The molecule has 3 aromatic rings. The third-order valence-electron chi connectivity index (χ3n) is 5.87. The number of aromatic nitrogens is 3. The van der Waals surface area contributed by atoms with E-state index in [9.17, 15) is 8.42 Å². The van der Waals surface area contributed by atoms with Crippen LogP contribution in [0.3, 0.4) is 0 Å². The molecule has 7 heteroatoms. The Morgan fingerprint density at radius 1 is 1.04 bits per heavy atom. The second-order valence-corrected chi connectivity index (χ2v) is 9.70. The molecule has 1 aliphatic carbocycles. The Balaban J connectivity index is 1.73. The van der Waals surface area contributed by atoms with Gasteiger partial charge in [0, 0.05) is 19.3 Å². The van der Waals surface area contributed by atoms with Crippen LogP contribution in [0.4, 0.5) is 5.82 Å². The van der Waals surface area contributed by atoms with E-state index in [1.54, 1.807) is 36.5 Å². The van der Waals surface area contributed by atoms with Crippen molar-refractivity contribution >= 4 is 26.9 Å². The first-order valence-corrected chi connectivity index (χ1v) is 11.2. The fourth-order valence-corrected chi connectivity index (χ4v) is 5.32. The minimum absolute atomic E-state index is 0.255. The van der Waals surface area contributed by atoms with Crippen LogP contribution < -0.4 is 4.90 Å². The molecular formula is C21H26N4O2S. The van der Waals surface area contributed by atoms with E-state index >= 15 is 0 Å². The number of nitrogens with zero attached hydrogens (tertiary/aromatic N) is 4. The molecule has 0 radical (unpaired) electrons. The van der Waals surface area contributed by atoms with Crippen molar-refractivity contribution in [2.45, 2.75) is 50.5 Å². The van der Waals surface area contributed by atoms with Gasteiger partial charge in [-0.15, -0.1) is 0 Å². The van der Waals surface area contributed by atoms with E-state index < -0.39 is 10.0 Å². The Hall–Kier alpha value is -2.41. The van der Waals surface area contributed by atoms with Crippen LogP contribution in [0, 0.1) is 12.8 Å². The lowest BCUT2D eigenvalue weighted by molar-refractivity contribution is 0.340. The smallest absolute Gasteiger partial charge is 0.269 e. The first-order chi connectivity index (χ1) is 13.4. The third-order valence-corrected chi connectivity index (χ3v) is 7.55. The van der Waals surface area contributed by atoms with E-state index in [4.69, 9.17) is 0 Å². The molecule has 0 N–H and O–H groups in total. The monoisotopic (exact) mass is 398 g/mol. The van der Waals surface area contributed by atoms with Gasteiger partial charge in [-0.25, -0.2) is 22.4 Å². The first-order valence-electron chi connectivity index (χ1n) is 9.75. The number of hydrogen-bond acceptors (Lipinski definition) is 5. The normalized spacial score (nSPS) is 20.4. The van der Waals surface area contributed by atoms with E-state index in [0.717, 1.165) is 35.5 Å². The van der Waals surface area contributed by atoms with Gasteiger partial charge < -0.3 is 4.90 Å². The van der Waals surface area contributed by atoms with E-state index in [1.165, 1.54) is 23.1 Å². The van der Waals surface area contributed by atoms with Gasteiger partial charge in [0.1, 0.15) is 12.1 Å². The number of benzene rings is 1. The van der Waals surface area contributed by atoms with Gasteiger partial charge in [0.25, 0.3) is 10.0 Å². The van der Waals surface area contributed by atoms with Crippen LogP contribution >= 0.6 is 0 Å². The van der Waals surface area contributed by atoms with Crippen molar-refractivity contribution in [2.24, 2.45) is 5.92 Å². The third kappa shape index (κ3) is 3.28. The van der Waals surface area contributed by atoms with Gasteiger partial charge in [-0.3, -0.25) is 0 Å². The lowest BCUT2D eigenvalue weighted by Crippen LogP contribution is -2.35. The molecule has 0 atom stereocenters. The highest BCUT2D eigenvalue weighted by molar-refractivity contribution is 7.90. The van der Waals surface area contributed by atoms with E-state index in [2.05, 4.69) is 21.8 Å². The predicted molar refractivity (Wildman–Crippen MR) is 111 cm³/mol. The fourth-order valence-electron chi connectivity index (χ4n) is 4.02. The zero-order valence-electron chi connectivity index (χ0n) is 16.5. The molecule has 6 nitrogen and oxygen atoms in total. The average molecular weight is 399 g/mol. The Kier molecular flexibility index (Phi) is 4.87. The maximum atomic E-state index is 13.1. The minimum Gasteiger partial charge on any atom is -0.356 e. The summed E-state index contributed by atoms with van der Waals surface area (Å²) in [6.07, 6.45) is 7.73. The molecule has 0 amide bonds. The SMILES string of the molecule is Cc1ccc(S(=O)(=O)n2ccc3c(N(C)C4CCC(C)CC4)ncnc32)cc1. The highest BCUT2D eigenvalue weighted by atomic mass is 32.2. The van der Waals surface area contributed by atoms with Gasteiger partial charge in [0.15, 0.2) is 5.65 Å². The number of aryl methyl sites for hydroxylation is 1. The summed E-state index contributed by atoms with van der Waals surface area (Å²) in [5.74, 6) is 1.57. The van der Waals surface area contributed by atoms with Gasteiger partial charge in [-0.1, -0.05) is 24.6 Å². The molecule has 28 heavy (non-hydrogen) atoms. The summed E-state index contributed by atoms with van der Waals surface area (Å²) in [5, 5.41) is 0.763. The second-order valence-electron chi connectivity index (χ2n) is 7.89. The van der Waals surface area contributed by atoms with Gasteiger partial charge in [-0.05, 0) is 56.7 Å². The van der Waals surface area contributed by atoms with Crippen LogP contribution in [-0.4, -0.2) is 35.4 Å². The fraction of sp³-hybridized carbons (Fsp3) is 0.429. The summed E-state index contributed by atoms with van der Waals surface area (Å²) in [6.45, 7) is 4.23. The van der Waals surface area contributed by atoms with Crippen LogP contribution in [0.1, 0.15) is 38.2 Å². The van der Waals surface area contributed by atoms with E-state index in [0.29, 0.717) is 11.7 Å². The summed E-state index contributed by atoms with van der Waals surface area (Å²) in [4.78, 5) is 11.2. The van der Waals surface area contributed by atoms with Crippen LogP contribution in [0.5, 0.6) is 0 Å². The molecule has 1 aliphatic rings. The summed E-state index contributed by atoms with van der Waals surface area (Å²) in [6, 6.07) is 9.10. The van der Waals surface area contributed by atoms with Crippen LogP contribution in [-0.2, 0) is 10.0 Å². The molecule has 0 spiro atoms. The molecule has 4 rings (SSSR count). The molecule has 2 heterocycles. The topological polar surface area (TPSA) is 68.1 Å². The summed E-state index contributed by atoms with van der Waals surface area (Å²) in [5.41, 5.74) is 1.44. The molecule has 1 aromatic carbocycles. The largest absolute Gasteiger partial charge is 0.356 e. The number of hydrogen-bond donors (Lipinski definition) is 0. The minimum atomic E-state index is -3.71. The highest BCUT2D eigenvalue weighted by Gasteiger charge is 2.26. The quantitative estimate of drug-likeness (QED) is 0.665. The molecule has 0 saturated heterocycles. The van der Waals surface area contributed by atoms with Crippen LogP contribution in [0.15, 0.2) is 47.8 Å². The lowest BCUT2D eigenvalue weighted by Gasteiger charge is -2.34. The van der Waals surface area contributed by atoms with Crippen molar-refractivity contribution in [3.63, 3.8) is 0 Å². The predicted octanol–water partition coefficient (Wildman–Crippen LogP) is 3.99. The van der Waals surface area contributed by atoms with Crippen LogP contribution in [0.2, 0.25) is 0 Å². The molecular weight excluding hydrogens is 372 g/mol. The summed E-state index contributed by atoms with van der Waals surface area (Å²) < 4.78 is 27.5. The van der Waals surface area contributed by atoms with Crippen molar-refractivity contribution in [1.82, 2.24) is 13.9 Å². The van der Waals surface area contributed by atoms with Crippen LogP contribution in [0.25, 0.3) is 11.0 Å². The van der Waals surface area contributed by atoms with Gasteiger partial charge in [0.05, 0.1) is 10.3 Å².